The molecule has 46 valence electrons. The summed E-state index contributed by atoms with van der Waals surface area (Å²) in [5.74, 6) is 0. The van der Waals surface area contributed by atoms with Crippen LogP contribution in [-0.4, -0.2) is 9.97 Å². The zero-order chi connectivity index (χ0) is 6.69. The van der Waals surface area contributed by atoms with Crippen LogP contribution in [0.4, 0.5) is 0 Å². The highest BCUT2D eigenvalue weighted by Gasteiger charge is 1.98. The topological polar surface area (TPSA) is 52.5 Å². The first kappa shape index (κ1) is 5.83. The van der Waals surface area contributed by atoms with Crippen LogP contribution in [0.15, 0.2) is 6.33 Å². The molecule has 1 aromatic rings. The Labute approximate surface area is 53.3 Å². The maximum absolute atomic E-state index is 8.41. The smallest absolute Gasteiger partial charge is 0.161 e. The summed E-state index contributed by atoms with van der Waals surface area (Å²) in [4.78, 5) is 6.66. The second kappa shape index (κ2) is 2.31. The highest BCUT2D eigenvalue weighted by atomic mass is 14.9. The van der Waals surface area contributed by atoms with Gasteiger partial charge in [0, 0.05) is 0 Å². The maximum Gasteiger partial charge on any atom is 0.161 e. The van der Waals surface area contributed by atoms with Gasteiger partial charge in [0.05, 0.1) is 12.0 Å². The molecule has 0 fully saturated rings. The molecular weight excluding hydrogens is 114 g/mol. The number of hydrogen-bond acceptors (Lipinski definition) is 2. The van der Waals surface area contributed by atoms with Crippen LogP contribution in [0.1, 0.15) is 18.3 Å². The average Bonchev–Trinajstić information content (AvgIpc) is 2.33. The van der Waals surface area contributed by atoms with Crippen LogP contribution in [0.25, 0.3) is 0 Å². The van der Waals surface area contributed by atoms with Crippen molar-refractivity contribution < 1.29 is 0 Å². The van der Waals surface area contributed by atoms with Gasteiger partial charge in [0.2, 0.25) is 0 Å². The molecule has 9 heavy (non-hydrogen) atoms. The minimum atomic E-state index is 0.512. The Hall–Kier alpha value is -1.30. The molecule has 0 unspecified atom stereocenters. The molecule has 0 radical (unpaired) electrons. The van der Waals surface area contributed by atoms with Crippen LogP contribution in [0.3, 0.4) is 0 Å². The largest absolute Gasteiger partial charge is 0.347 e. The van der Waals surface area contributed by atoms with E-state index < -0.39 is 0 Å². The van der Waals surface area contributed by atoms with E-state index in [-0.39, 0.29) is 0 Å². The second-order valence-corrected chi connectivity index (χ2v) is 1.70. The van der Waals surface area contributed by atoms with Gasteiger partial charge < -0.3 is 4.98 Å². The molecule has 1 heterocycles. The number of aromatic amines is 1. The van der Waals surface area contributed by atoms with Crippen molar-refractivity contribution in [3.63, 3.8) is 0 Å². The SMILES string of the molecule is CCc1[nH]cnc1C#N. The van der Waals surface area contributed by atoms with E-state index in [1.165, 1.54) is 6.33 Å². The summed E-state index contributed by atoms with van der Waals surface area (Å²) in [6.45, 7) is 1.98. The molecule has 0 bridgehead atoms. The molecule has 0 aliphatic rings. The van der Waals surface area contributed by atoms with Crippen molar-refractivity contribution in [2.75, 3.05) is 0 Å². The van der Waals surface area contributed by atoms with Gasteiger partial charge in [0.1, 0.15) is 6.07 Å². The van der Waals surface area contributed by atoms with Gasteiger partial charge in [0.25, 0.3) is 0 Å². The third-order valence-corrected chi connectivity index (χ3v) is 1.18. The molecule has 3 nitrogen and oxygen atoms in total. The fraction of sp³-hybridized carbons (Fsp3) is 0.333. The number of hydrogen-bond donors (Lipinski definition) is 1. The molecule has 1 rings (SSSR count). The number of aryl methyl sites for hydroxylation is 1. The molecule has 1 N–H and O–H groups in total. The number of nitrogens with zero attached hydrogens (tertiary/aromatic N) is 2. The highest BCUT2D eigenvalue weighted by molar-refractivity contribution is 5.24. The van der Waals surface area contributed by atoms with Gasteiger partial charge >= 0.3 is 0 Å². The van der Waals surface area contributed by atoms with E-state index in [0.29, 0.717) is 5.69 Å². The molecule has 1 aromatic heterocycles. The monoisotopic (exact) mass is 121 g/mol. The molecule has 0 saturated carbocycles. The molecule has 0 spiro atoms. The van der Waals surface area contributed by atoms with Gasteiger partial charge in [-0.2, -0.15) is 5.26 Å². The Morgan fingerprint density at radius 3 is 3.11 bits per heavy atom. The summed E-state index contributed by atoms with van der Waals surface area (Å²) in [6.07, 6.45) is 2.38. The van der Waals surface area contributed by atoms with Gasteiger partial charge in [-0.3, -0.25) is 0 Å². The second-order valence-electron chi connectivity index (χ2n) is 1.70. The van der Waals surface area contributed by atoms with Crippen LogP contribution < -0.4 is 0 Å². The molecular formula is C6H7N3. The van der Waals surface area contributed by atoms with Gasteiger partial charge in [-0.25, -0.2) is 4.98 Å². The number of aromatic nitrogens is 2. The van der Waals surface area contributed by atoms with E-state index in [2.05, 4.69) is 9.97 Å². The van der Waals surface area contributed by atoms with Crippen molar-refractivity contribution in [3.8, 4) is 6.07 Å². The number of rotatable bonds is 1. The first-order valence-corrected chi connectivity index (χ1v) is 2.80. The summed E-state index contributed by atoms with van der Waals surface area (Å²) < 4.78 is 0. The lowest BCUT2D eigenvalue weighted by Gasteiger charge is -1.84. The van der Waals surface area contributed by atoms with E-state index in [9.17, 15) is 0 Å². The standard InChI is InChI=1S/C6H7N3/c1-2-5-6(3-7)9-4-8-5/h4H,2H2,1H3,(H,8,9). The number of nitriles is 1. The van der Waals surface area contributed by atoms with Crippen molar-refractivity contribution in [3.05, 3.63) is 17.7 Å². The van der Waals surface area contributed by atoms with Crippen LogP contribution >= 0.6 is 0 Å². The van der Waals surface area contributed by atoms with Crippen LogP contribution in [0.5, 0.6) is 0 Å². The minimum Gasteiger partial charge on any atom is -0.347 e. The van der Waals surface area contributed by atoms with Crippen molar-refractivity contribution >= 4 is 0 Å². The predicted octanol–water partition coefficient (Wildman–Crippen LogP) is 0.844. The summed E-state index contributed by atoms with van der Waals surface area (Å²) >= 11 is 0. The lowest BCUT2D eigenvalue weighted by Crippen LogP contribution is -1.83. The van der Waals surface area contributed by atoms with Crippen LogP contribution in [0.2, 0.25) is 0 Å². The molecule has 0 amide bonds. The van der Waals surface area contributed by atoms with Gasteiger partial charge in [-0.15, -0.1) is 0 Å². The third kappa shape index (κ3) is 0.918. The predicted molar refractivity (Wildman–Crippen MR) is 32.7 cm³/mol. The molecule has 0 aliphatic heterocycles. The third-order valence-electron chi connectivity index (χ3n) is 1.18. The van der Waals surface area contributed by atoms with Crippen LogP contribution in [-0.2, 0) is 6.42 Å². The van der Waals surface area contributed by atoms with Crippen molar-refractivity contribution in [2.45, 2.75) is 13.3 Å². The lowest BCUT2D eigenvalue weighted by molar-refractivity contribution is 1.05. The summed E-state index contributed by atoms with van der Waals surface area (Å²) in [5, 5.41) is 8.41. The maximum atomic E-state index is 8.41. The van der Waals surface area contributed by atoms with Gasteiger partial charge in [-0.1, -0.05) is 6.92 Å². The first-order chi connectivity index (χ1) is 4.38. The van der Waals surface area contributed by atoms with Crippen LogP contribution in [0, 0.1) is 11.3 Å². The quantitative estimate of drug-likeness (QED) is 0.598. The Bertz CT molecular complexity index is 231. The van der Waals surface area contributed by atoms with Crippen molar-refractivity contribution in [1.29, 1.82) is 5.26 Å². The van der Waals surface area contributed by atoms with Gasteiger partial charge in [-0.05, 0) is 6.42 Å². The fourth-order valence-corrected chi connectivity index (χ4v) is 0.687. The molecule has 0 aliphatic carbocycles. The lowest BCUT2D eigenvalue weighted by atomic mass is 10.3. The van der Waals surface area contributed by atoms with Crippen molar-refractivity contribution in [1.82, 2.24) is 9.97 Å². The van der Waals surface area contributed by atoms with E-state index >= 15 is 0 Å². The number of nitrogens with one attached hydrogen (secondary N) is 1. The van der Waals surface area contributed by atoms with Gasteiger partial charge in [0.15, 0.2) is 5.69 Å². The van der Waals surface area contributed by atoms with E-state index in [4.69, 9.17) is 5.26 Å². The zero-order valence-corrected chi connectivity index (χ0v) is 5.18. The number of H-pyrrole nitrogens is 1. The zero-order valence-electron chi connectivity index (χ0n) is 5.18. The fourth-order valence-electron chi connectivity index (χ4n) is 0.687. The molecule has 0 aromatic carbocycles. The van der Waals surface area contributed by atoms with E-state index in [1.807, 2.05) is 13.0 Å². The minimum absolute atomic E-state index is 0.512. The summed E-state index contributed by atoms with van der Waals surface area (Å²) in [5.41, 5.74) is 1.43. The molecule has 0 saturated heterocycles. The Morgan fingerprint density at radius 2 is 2.67 bits per heavy atom. The summed E-state index contributed by atoms with van der Waals surface area (Å²) in [7, 11) is 0. The summed E-state index contributed by atoms with van der Waals surface area (Å²) in [6, 6.07) is 1.98. The Morgan fingerprint density at radius 1 is 1.89 bits per heavy atom. The van der Waals surface area contributed by atoms with Crippen molar-refractivity contribution in [2.24, 2.45) is 0 Å². The Balaban J connectivity index is 3.02. The number of imidazole rings is 1. The molecule has 0 atom stereocenters. The Kier molecular flexibility index (Phi) is 1.50. The normalized spacial score (nSPS) is 8.89. The average molecular weight is 121 g/mol. The van der Waals surface area contributed by atoms with E-state index in [0.717, 1.165) is 12.1 Å². The van der Waals surface area contributed by atoms with E-state index in [1.54, 1.807) is 0 Å². The highest BCUT2D eigenvalue weighted by Crippen LogP contribution is 1.99. The molecule has 3 heteroatoms. The first-order valence-electron chi connectivity index (χ1n) is 2.80.